The van der Waals surface area contributed by atoms with Crippen LogP contribution in [-0.4, -0.2) is 30.0 Å². The molecule has 1 amide bonds. The zero-order valence-electron chi connectivity index (χ0n) is 13.6. The van der Waals surface area contributed by atoms with Crippen molar-refractivity contribution in [1.82, 2.24) is 5.32 Å². The van der Waals surface area contributed by atoms with Gasteiger partial charge in [0.25, 0.3) is 5.91 Å². The predicted molar refractivity (Wildman–Crippen MR) is 93.4 cm³/mol. The Kier molecular flexibility index (Phi) is 6.04. The van der Waals surface area contributed by atoms with E-state index in [1.165, 1.54) is 0 Å². The molecular formula is C18H26BrNO2. The third-order valence-corrected chi connectivity index (χ3v) is 5.89. The van der Waals surface area contributed by atoms with E-state index >= 15 is 0 Å². The number of halogens is 1. The Labute approximate surface area is 141 Å². The zero-order chi connectivity index (χ0) is 16.2. The van der Waals surface area contributed by atoms with E-state index in [0.717, 1.165) is 30.2 Å². The lowest BCUT2D eigenvalue weighted by Gasteiger charge is -2.47. The third-order valence-electron chi connectivity index (χ3n) is 5.06. The van der Waals surface area contributed by atoms with E-state index in [9.17, 15) is 4.79 Å². The van der Waals surface area contributed by atoms with Crippen LogP contribution in [-0.2, 0) is 4.74 Å². The number of hydrogen-bond donors (Lipinski definition) is 1. The van der Waals surface area contributed by atoms with Crippen molar-refractivity contribution in [3.63, 3.8) is 0 Å². The largest absolute Gasteiger partial charge is 0.381 e. The number of alkyl halides is 1. The fraction of sp³-hybridized carbons (Fsp3) is 0.611. The van der Waals surface area contributed by atoms with E-state index in [-0.39, 0.29) is 17.6 Å². The molecule has 1 aliphatic carbocycles. The molecule has 0 radical (unpaired) electrons. The maximum atomic E-state index is 12.6. The van der Waals surface area contributed by atoms with Gasteiger partial charge in [0, 0.05) is 23.5 Å². The molecule has 4 heteroatoms. The molecule has 1 aromatic rings. The Bertz CT molecular complexity index is 491. The maximum absolute atomic E-state index is 12.6. The minimum Gasteiger partial charge on any atom is -0.381 e. The molecule has 2 rings (SSSR count). The fourth-order valence-electron chi connectivity index (χ4n) is 3.38. The van der Waals surface area contributed by atoms with Crippen molar-refractivity contribution in [2.24, 2.45) is 11.8 Å². The number of amides is 1. The molecule has 0 heterocycles. The second-order valence-corrected chi connectivity index (χ2v) is 7.21. The van der Waals surface area contributed by atoms with Crippen molar-refractivity contribution in [1.29, 1.82) is 0 Å². The van der Waals surface area contributed by atoms with Gasteiger partial charge in [-0.1, -0.05) is 48.0 Å². The summed E-state index contributed by atoms with van der Waals surface area (Å²) >= 11 is 3.59. The van der Waals surface area contributed by atoms with Crippen LogP contribution >= 0.6 is 15.9 Å². The van der Waals surface area contributed by atoms with Gasteiger partial charge in [-0.2, -0.15) is 0 Å². The van der Waals surface area contributed by atoms with E-state index < -0.39 is 0 Å². The summed E-state index contributed by atoms with van der Waals surface area (Å²) in [5.74, 6) is 0.904. The van der Waals surface area contributed by atoms with Crippen LogP contribution in [0.4, 0.5) is 0 Å². The van der Waals surface area contributed by atoms with Crippen molar-refractivity contribution in [3.05, 3.63) is 35.9 Å². The van der Waals surface area contributed by atoms with Gasteiger partial charge in [-0.3, -0.25) is 4.79 Å². The van der Waals surface area contributed by atoms with Gasteiger partial charge in [-0.15, -0.1) is 0 Å². The van der Waals surface area contributed by atoms with E-state index in [1.54, 1.807) is 7.11 Å². The maximum Gasteiger partial charge on any atom is 0.251 e. The zero-order valence-corrected chi connectivity index (χ0v) is 15.2. The highest BCUT2D eigenvalue weighted by Crippen LogP contribution is 2.39. The van der Waals surface area contributed by atoms with Crippen LogP contribution in [0.3, 0.4) is 0 Å². The van der Waals surface area contributed by atoms with Gasteiger partial charge < -0.3 is 10.1 Å². The van der Waals surface area contributed by atoms with Gasteiger partial charge in [0.2, 0.25) is 0 Å². The quantitative estimate of drug-likeness (QED) is 0.798. The van der Waals surface area contributed by atoms with Crippen LogP contribution in [0.2, 0.25) is 0 Å². The van der Waals surface area contributed by atoms with E-state index in [2.05, 4.69) is 35.1 Å². The number of carbonyl (C=O) groups is 1. The van der Waals surface area contributed by atoms with Crippen molar-refractivity contribution in [2.45, 2.75) is 44.8 Å². The van der Waals surface area contributed by atoms with Crippen LogP contribution in [0.1, 0.15) is 43.5 Å². The van der Waals surface area contributed by atoms with Crippen LogP contribution in [0.5, 0.6) is 0 Å². The Morgan fingerprint density at radius 1 is 1.41 bits per heavy atom. The van der Waals surface area contributed by atoms with Gasteiger partial charge in [0.05, 0.1) is 6.10 Å². The number of nitrogens with one attached hydrogen (secondary N) is 1. The third kappa shape index (κ3) is 3.72. The summed E-state index contributed by atoms with van der Waals surface area (Å²) in [5, 5.41) is 4.27. The number of methoxy groups -OCH3 is 1. The molecule has 3 unspecified atom stereocenters. The molecule has 0 spiro atoms. The molecule has 1 fully saturated rings. The summed E-state index contributed by atoms with van der Waals surface area (Å²) in [5.41, 5.74) is 0.533. The van der Waals surface area contributed by atoms with Gasteiger partial charge >= 0.3 is 0 Å². The second-order valence-electron chi connectivity index (χ2n) is 6.56. The molecule has 22 heavy (non-hydrogen) atoms. The lowest BCUT2D eigenvalue weighted by Crippen LogP contribution is -2.58. The summed E-state index contributed by atoms with van der Waals surface area (Å²) in [6.45, 7) is 4.37. The first-order valence-electron chi connectivity index (χ1n) is 7.98. The molecule has 3 atom stereocenters. The monoisotopic (exact) mass is 367 g/mol. The summed E-state index contributed by atoms with van der Waals surface area (Å²) in [6.07, 6.45) is 3.12. The molecule has 1 aromatic carbocycles. The summed E-state index contributed by atoms with van der Waals surface area (Å²) < 4.78 is 5.71. The van der Waals surface area contributed by atoms with E-state index in [4.69, 9.17) is 4.74 Å². The Morgan fingerprint density at radius 2 is 2.09 bits per heavy atom. The molecule has 1 aliphatic rings. The predicted octanol–water partition coefficient (Wildman–Crippen LogP) is 4.02. The second kappa shape index (κ2) is 7.60. The molecule has 3 nitrogen and oxygen atoms in total. The van der Waals surface area contributed by atoms with Gasteiger partial charge in [0.15, 0.2) is 0 Å². The summed E-state index contributed by atoms with van der Waals surface area (Å²) in [4.78, 5) is 12.6. The molecular weight excluding hydrogens is 342 g/mol. The molecule has 0 bridgehead atoms. The van der Waals surface area contributed by atoms with Gasteiger partial charge in [-0.25, -0.2) is 0 Å². The Hall–Kier alpha value is -0.870. The van der Waals surface area contributed by atoms with Crippen LogP contribution < -0.4 is 5.32 Å². The van der Waals surface area contributed by atoms with Gasteiger partial charge in [-0.05, 0) is 43.2 Å². The molecule has 1 N–H and O–H groups in total. The van der Waals surface area contributed by atoms with Crippen molar-refractivity contribution < 1.29 is 9.53 Å². The number of ether oxygens (including phenoxy) is 1. The average Bonchev–Trinajstić information content (AvgIpc) is 2.55. The van der Waals surface area contributed by atoms with Crippen molar-refractivity contribution in [2.75, 3.05) is 12.4 Å². The number of benzene rings is 1. The molecule has 122 valence electrons. The molecule has 0 saturated heterocycles. The Balaban J connectivity index is 2.17. The Morgan fingerprint density at radius 3 is 2.64 bits per heavy atom. The molecule has 0 aromatic heterocycles. The SMILES string of the molecule is COC1CC(NC(=O)c2ccccc2)(C(C)C)CCC1CBr. The summed E-state index contributed by atoms with van der Waals surface area (Å²) in [6, 6.07) is 9.45. The molecule has 1 saturated carbocycles. The smallest absolute Gasteiger partial charge is 0.251 e. The highest BCUT2D eigenvalue weighted by molar-refractivity contribution is 9.09. The highest BCUT2D eigenvalue weighted by Gasteiger charge is 2.43. The summed E-state index contributed by atoms with van der Waals surface area (Å²) in [7, 11) is 1.77. The first-order chi connectivity index (χ1) is 10.5. The first kappa shape index (κ1) is 17.5. The lowest BCUT2D eigenvalue weighted by atomic mass is 9.69. The van der Waals surface area contributed by atoms with Crippen LogP contribution in [0.15, 0.2) is 30.3 Å². The topological polar surface area (TPSA) is 38.3 Å². The lowest BCUT2D eigenvalue weighted by molar-refractivity contribution is -0.0154. The van der Waals surface area contributed by atoms with E-state index in [1.807, 2.05) is 30.3 Å². The minimum absolute atomic E-state index is 0.0152. The van der Waals surface area contributed by atoms with E-state index in [0.29, 0.717) is 11.8 Å². The van der Waals surface area contributed by atoms with Gasteiger partial charge in [0.1, 0.15) is 0 Å². The molecule has 0 aliphatic heterocycles. The van der Waals surface area contributed by atoms with Crippen LogP contribution in [0.25, 0.3) is 0 Å². The minimum atomic E-state index is -0.188. The fourth-order valence-corrected chi connectivity index (χ4v) is 4.12. The van der Waals surface area contributed by atoms with Crippen LogP contribution in [0, 0.1) is 11.8 Å². The number of carbonyl (C=O) groups excluding carboxylic acids is 1. The number of hydrogen-bond acceptors (Lipinski definition) is 2. The average molecular weight is 368 g/mol. The standard InChI is InChI=1S/C18H26BrNO2/c1-13(2)18(10-9-15(12-19)16(11-18)22-3)20-17(21)14-7-5-4-6-8-14/h4-8,13,15-16H,9-12H2,1-3H3,(H,20,21). The van der Waals surface area contributed by atoms with Crippen molar-refractivity contribution >= 4 is 21.8 Å². The first-order valence-corrected chi connectivity index (χ1v) is 9.11. The van der Waals surface area contributed by atoms with Crippen molar-refractivity contribution in [3.8, 4) is 0 Å². The number of rotatable bonds is 5. The highest BCUT2D eigenvalue weighted by atomic mass is 79.9. The normalized spacial score (nSPS) is 28.6.